The van der Waals surface area contributed by atoms with Crippen molar-refractivity contribution in [2.45, 2.75) is 26.3 Å². The van der Waals surface area contributed by atoms with Gasteiger partial charge in [-0.1, -0.05) is 18.2 Å². The van der Waals surface area contributed by atoms with Gasteiger partial charge in [0, 0.05) is 24.8 Å². The number of hydrogen-bond acceptors (Lipinski definition) is 2. The number of hydrogen-bond donors (Lipinski definition) is 0. The molecule has 0 amide bonds. The maximum absolute atomic E-state index is 2.52. The van der Waals surface area contributed by atoms with Crippen LogP contribution in [0, 0.1) is 0 Å². The number of rotatable bonds is 2. The van der Waals surface area contributed by atoms with Crippen LogP contribution in [0.15, 0.2) is 30.3 Å². The Bertz CT molecular complexity index is 295. The van der Waals surface area contributed by atoms with Crippen LogP contribution in [0.5, 0.6) is 0 Å². The first-order chi connectivity index (χ1) is 7.27. The van der Waals surface area contributed by atoms with Crippen LogP contribution in [0.4, 0.5) is 5.69 Å². The number of para-hydroxylation sites is 1. The van der Waals surface area contributed by atoms with E-state index in [2.05, 4.69) is 54.0 Å². The zero-order chi connectivity index (χ0) is 10.7. The maximum Gasteiger partial charge on any atom is 0.0709 e. The fraction of sp³-hybridized carbons (Fsp3) is 0.538. The first-order valence-corrected chi connectivity index (χ1v) is 5.81. The van der Waals surface area contributed by atoms with Crippen LogP contribution in [-0.2, 0) is 0 Å². The molecular formula is C13H20N2. The molecule has 2 heteroatoms. The van der Waals surface area contributed by atoms with E-state index >= 15 is 0 Å². The smallest absolute Gasteiger partial charge is 0.0709 e. The lowest BCUT2D eigenvalue weighted by atomic mass is 10.2. The third kappa shape index (κ3) is 2.51. The highest BCUT2D eigenvalue weighted by molar-refractivity contribution is 5.46. The van der Waals surface area contributed by atoms with Crippen LogP contribution in [0.1, 0.15) is 20.3 Å². The maximum atomic E-state index is 2.52. The van der Waals surface area contributed by atoms with E-state index in [0.29, 0.717) is 6.04 Å². The highest BCUT2D eigenvalue weighted by Gasteiger charge is 2.19. The van der Waals surface area contributed by atoms with Gasteiger partial charge in [0.05, 0.1) is 6.67 Å². The predicted molar refractivity (Wildman–Crippen MR) is 65.1 cm³/mol. The first kappa shape index (κ1) is 10.5. The quantitative estimate of drug-likeness (QED) is 0.730. The van der Waals surface area contributed by atoms with E-state index in [1.807, 2.05) is 0 Å². The molecule has 0 saturated carbocycles. The van der Waals surface area contributed by atoms with Gasteiger partial charge in [-0.25, -0.2) is 0 Å². The van der Waals surface area contributed by atoms with E-state index < -0.39 is 0 Å². The van der Waals surface area contributed by atoms with E-state index in [4.69, 9.17) is 0 Å². The van der Waals surface area contributed by atoms with Gasteiger partial charge in [-0.3, -0.25) is 4.90 Å². The van der Waals surface area contributed by atoms with Crippen molar-refractivity contribution in [3.8, 4) is 0 Å². The summed E-state index contributed by atoms with van der Waals surface area (Å²) >= 11 is 0. The van der Waals surface area contributed by atoms with Crippen molar-refractivity contribution < 1.29 is 0 Å². The highest BCUT2D eigenvalue weighted by atomic mass is 15.3. The van der Waals surface area contributed by atoms with Crippen molar-refractivity contribution in [3.05, 3.63) is 30.3 Å². The van der Waals surface area contributed by atoms with Crippen molar-refractivity contribution in [2.75, 3.05) is 24.7 Å². The summed E-state index contributed by atoms with van der Waals surface area (Å²) in [6.45, 7) is 8.04. The molecule has 1 aromatic carbocycles. The molecule has 0 aromatic heterocycles. The molecule has 1 aliphatic rings. The second-order valence-electron chi connectivity index (χ2n) is 4.50. The molecule has 82 valence electrons. The van der Waals surface area contributed by atoms with Crippen LogP contribution < -0.4 is 4.90 Å². The van der Waals surface area contributed by atoms with Gasteiger partial charge < -0.3 is 4.90 Å². The SMILES string of the molecule is CC(C)N1CCCN(c2ccccc2)C1. The summed E-state index contributed by atoms with van der Waals surface area (Å²) in [7, 11) is 0. The van der Waals surface area contributed by atoms with Gasteiger partial charge in [0.15, 0.2) is 0 Å². The Balaban J connectivity index is 2.05. The van der Waals surface area contributed by atoms with Crippen LogP contribution >= 0.6 is 0 Å². The summed E-state index contributed by atoms with van der Waals surface area (Å²) in [4.78, 5) is 4.99. The van der Waals surface area contributed by atoms with Crippen molar-refractivity contribution in [2.24, 2.45) is 0 Å². The van der Waals surface area contributed by atoms with Gasteiger partial charge in [-0.15, -0.1) is 0 Å². The lowest BCUT2D eigenvalue weighted by Gasteiger charge is -2.39. The first-order valence-electron chi connectivity index (χ1n) is 5.81. The van der Waals surface area contributed by atoms with Gasteiger partial charge in [0.2, 0.25) is 0 Å². The standard InChI is InChI=1S/C13H20N2/c1-12(2)14-9-6-10-15(11-14)13-7-4-3-5-8-13/h3-5,7-8,12H,6,9-11H2,1-2H3. The summed E-state index contributed by atoms with van der Waals surface area (Å²) in [6.07, 6.45) is 1.27. The van der Waals surface area contributed by atoms with Crippen molar-refractivity contribution in [3.63, 3.8) is 0 Å². The molecule has 0 spiro atoms. The minimum Gasteiger partial charge on any atom is -0.358 e. The third-order valence-corrected chi connectivity index (χ3v) is 3.08. The zero-order valence-electron chi connectivity index (χ0n) is 9.69. The number of anilines is 1. The number of nitrogens with zero attached hydrogens (tertiary/aromatic N) is 2. The molecule has 15 heavy (non-hydrogen) atoms. The largest absolute Gasteiger partial charge is 0.358 e. The second-order valence-corrected chi connectivity index (χ2v) is 4.50. The Kier molecular flexibility index (Phi) is 3.27. The van der Waals surface area contributed by atoms with Gasteiger partial charge in [-0.2, -0.15) is 0 Å². The van der Waals surface area contributed by atoms with Crippen molar-refractivity contribution >= 4 is 5.69 Å². The number of benzene rings is 1. The Hall–Kier alpha value is -1.02. The van der Waals surface area contributed by atoms with Crippen molar-refractivity contribution in [1.29, 1.82) is 0 Å². The monoisotopic (exact) mass is 204 g/mol. The molecule has 0 aliphatic carbocycles. The van der Waals surface area contributed by atoms with Crippen LogP contribution in [0.3, 0.4) is 0 Å². The summed E-state index contributed by atoms with van der Waals surface area (Å²) in [5.41, 5.74) is 1.35. The fourth-order valence-electron chi connectivity index (χ4n) is 2.10. The predicted octanol–water partition coefficient (Wildman–Crippen LogP) is 2.56. The average molecular weight is 204 g/mol. The van der Waals surface area contributed by atoms with E-state index in [-0.39, 0.29) is 0 Å². The molecule has 1 fully saturated rings. The molecule has 0 atom stereocenters. The summed E-state index contributed by atoms with van der Waals surface area (Å²) < 4.78 is 0. The van der Waals surface area contributed by atoms with E-state index in [1.54, 1.807) is 0 Å². The molecule has 0 radical (unpaired) electrons. The summed E-state index contributed by atoms with van der Waals surface area (Å²) in [5, 5.41) is 0. The molecule has 0 N–H and O–H groups in total. The van der Waals surface area contributed by atoms with Crippen LogP contribution in [0.2, 0.25) is 0 Å². The molecule has 1 heterocycles. The highest BCUT2D eigenvalue weighted by Crippen LogP contribution is 2.18. The van der Waals surface area contributed by atoms with Crippen molar-refractivity contribution in [1.82, 2.24) is 4.90 Å². The lowest BCUT2D eigenvalue weighted by molar-refractivity contribution is 0.195. The van der Waals surface area contributed by atoms with Gasteiger partial charge in [0.25, 0.3) is 0 Å². The van der Waals surface area contributed by atoms with Crippen LogP contribution in [-0.4, -0.2) is 30.7 Å². The molecule has 1 aliphatic heterocycles. The Morgan fingerprint density at radius 1 is 1.07 bits per heavy atom. The Labute approximate surface area is 92.5 Å². The molecular weight excluding hydrogens is 184 g/mol. The summed E-state index contributed by atoms with van der Waals surface area (Å²) in [5.74, 6) is 0. The second kappa shape index (κ2) is 4.67. The third-order valence-electron chi connectivity index (χ3n) is 3.08. The molecule has 2 nitrogen and oxygen atoms in total. The van der Waals surface area contributed by atoms with Crippen LogP contribution in [0.25, 0.3) is 0 Å². The average Bonchev–Trinajstić information content (AvgIpc) is 2.30. The van der Waals surface area contributed by atoms with Gasteiger partial charge >= 0.3 is 0 Å². The van der Waals surface area contributed by atoms with Gasteiger partial charge in [0.1, 0.15) is 0 Å². The van der Waals surface area contributed by atoms with E-state index in [0.717, 1.165) is 6.67 Å². The molecule has 0 unspecified atom stereocenters. The minimum atomic E-state index is 0.650. The molecule has 1 saturated heterocycles. The molecule has 0 bridgehead atoms. The zero-order valence-corrected chi connectivity index (χ0v) is 9.69. The van der Waals surface area contributed by atoms with E-state index in [1.165, 1.54) is 25.2 Å². The Morgan fingerprint density at radius 2 is 1.80 bits per heavy atom. The molecule has 2 rings (SSSR count). The normalized spacial score (nSPS) is 18.5. The lowest BCUT2D eigenvalue weighted by Crippen LogP contribution is -2.47. The topological polar surface area (TPSA) is 6.48 Å². The molecule has 1 aromatic rings. The minimum absolute atomic E-state index is 0.650. The summed E-state index contributed by atoms with van der Waals surface area (Å²) in [6, 6.07) is 11.4. The Morgan fingerprint density at radius 3 is 2.47 bits per heavy atom. The van der Waals surface area contributed by atoms with E-state index in [9.17, 15) is 0 Å². The van der Waals surface area contributed by atoms with Gasteiger partial charge in [-0.05, 0) is 32.4 Å². The fourth-order valence-corrected chi connectivity index (χ4v) is 2.10.